The Morgan fingerprint density at radius 2 is 1.96 bits per heavy atom. The van der Waals surface area contributed by atoms with Crippen LogP contribution in [0.1, 0.15) is 27.4 Å². The van der Waals surface area contributed by atoms with Crippen molar-refractivity contribution in [1.82, 2.24) is 4.90 Å². The van der Waals surface area contributed by atoms with Gasteiger partial charge in [-0.2, -0.15) is 0 Å². The Bertz CT molecular complexity index is 762. The number of methoxy groups -OCH3 is 1. The zero-order valence-electron chi connectivity index (χ0n) is 13.7. The van der Waals surface area contributed by atoms with E-state index in [4.69, 9.17) is 4.42 Å². The van der Waals surface area contributed by atoms with Crippen molar-refractivity contribution in [3.63, 3.8) is 0 Å². The van der Waals surface area contributed by atoms with Gasteiger partial charge < -0.3 is 14.1 Å². The van der Waals surface area contributed by atoms with Gasteiger partial charge in [0, 0.05) is 13.1 Å². The van der Waals surface area contributed by atoms with Gasteiger partial charge in [0.15, 0.2) is 0 Å². The number of furan rings is 1. The second-order valence-corrected chi connectivity index (χ2v) is 5.25. The minimum Gasteiger partial charge on any atom is -0.465 e. The van der Waals surface area contributed by atoms with E-state index in [-0.39, 0.29) is 18.3 Å². The third-order valence-corrected chi connectivity index (χ3v) is 3.43. The number of ether oxygens (including phenoxy) is 1. The Labute approximate surface area is 139 Å². The third kappa shape index (κ3) is 4.32. The smallest absolute Gasteiger partial charge is 0.341 e. The summed E-state index contributed by atoms with van der Waals surface area (Å²) in [6.45, 7) is 1.87. The third-order valence-electron chi connectivity index (χ3n) is 3.43. The van der Waals surface area contributed by atoms with Gasteiger partial charge >= 0.3 is 5.97 Å². The van der Waals surface area contributed by atoms with E-state index >= 15 is 0 Å². The first-order chi connectivity index (χ1) is 11.4. The fourth-order valence-corrected chi connectivity index (χ4v) is 2.11. The summed E-state index contributed by atoms with van der Waals surface area (Å²) in [6.07, 6.45) is 3.00. The molecule has 24 heavy (non-hydrogen) atoms. The van der Waals surface area contributed by atoms with Gasteiger partial charge in [0.25, 0.3) is 0 Å². The van der Waals surface area contributed by atoms with Crippen LogP contribution in [0, 0.1) is 12.7 Å². The first kappa shape index (κ1) is 17.5. The number of hydrogen-bond acceptors (Lipinski definition) is 4. The zero-order valence-corrected chi connectivity index (χ0v) is 13.7. The molecule has 1 heterocycles. The van der Waals surface area contributed by atoms with Crippen LogP contribution in [0.2, 0.25) is 0 Å². The van der Waals surface area contributed by atoms with Crippen LogP contribution in [0.5, 0.6) is 0 Å². The van der Waals surface area contributed by atoms with E-state index in [0.717, 1.165) is 5.56 Å². The second kappa shape index (κ2) is 7.59. The molecule has 1 aromatic carbocycles. The minimum atomic E-state index is -0.479. The molecule has 2 aromatic rings. The van der Waals surface area contributed by atoms with Crippen molar-refractivity contribution in [2.24, 2.45) is 0 Å². The number of hydrogen-bond donors (Lipinski definition) is 0. The molecule has 5 nitrogen and oxygen atoms in total. The van der Waals surface area contributed by atoms with Crippen molar-refractivity contribution in [3.8, 4) is 0 Å². The highest BCUT2D eigenvalue weighted by Crippen LogP contribution is 2.17. The number of rotatable bonds is 5. The Balaban J connectivity index is 2.01. The Hall–Kier alpha value is -2.89. The lowest BCUT2D eigenvalue weighted by molar-refractivity contribution is -0.125. The number of nitrogens with zero attached hydrogens (tertiary/aromatic N) is 1. The number of carbonyl (C=O) groups excluding carboxylic acids is 2. The van der Waals surface area contributed by atoms with Crippen molar-refractivity contribution in [1.29, 1.82) is 0 Å². The number of aryl methyl sites for hydroxylation is 1. The topological polar surface area (TPSA) is 59.8 Å². The number of benzene rings is 1. The molecule has 2 rings (SSSR count). The van der Waals surface area contributed by atoms with E-state index in [1.54, 1.807) is 38.2 Å². The number of halogens is 1. The molecule has 0 unspecified atom stereocenters. The molecule has 0 saturated heterocycles. The highest BCUT2D eigenvalue weighted by molar-refractivity contribution is 5.92. The highest BCUT2D eigenvalue weighted by atomic mass is 19.1. The Morgan fingerprint density at radius 1 is 1.29 bits per heavy atom. The molecule has 0 aliphatic rings. The van der Waals surface area contributed by atoms with E-state index < -0.39 is 5.97 Å². The van der Waals surface area contributed by atoms with E-state index in [1.807, 2.05) is 0 Å². The van der Waals surface area contributed by atoms with Gasteiger partial charge in [0.05, 0.1) is 13.7 Å². The maximum absolute atomic E-state index is 12.8. The molecule has 126 valence electrons. The molecule has 0 bridgehead atoms. The average molecular weight is 331 g/mol. The molecule has 6 heteroatoms. The van der Waals surface area contributed by atoms with E-state index in [0.29, 0.717) is 17.1 Å². The summed E-state index contributed by atoms with van der Waals surface area (Å²) in [4.78, 5) is 25.1. The number of likely N-dealkylation sites (N-methyl/N-ethyl adjacent to an activating group) is 1. The van der Waals surface area contributed by atoms with Crippen molar-refractivity contribution in [2.75, 3.05) is 14.2 Å². The molecular weight excluding hydrogens is 313 g/mol. The predicted molar refractivity (Wildman–Crippen MR) is 86.7 cm³/mol. The fourth-order valence-electron chi connectivity index (χ4n) is 2.11. The molecule has 0 spiro atoms. The average Bonchev–Trinajstić information content (AvgIpc) is 2.93. The molecule has 0 saturated carbocycles. The van der Waals surface area contributed by atoms with Crippen LogP contribution in [0.3, 0.4) is 0 Å². The summed E-state index contributed by atoms with van der Waals surface area (Å²) in [7, 11) is 2.91. The van der Waals surface area contributed by atoms with Crippen molar-refractivity contribution in [3.05, 3.63) is 64.9 Å². The fraction of sp³-hybridized carbons (Fsp3) is 0.222. The van der Waals surface area contributed by atoms with Gasteiger partial charge in [-0.15, -0.1) is 0 Å². The maximum atomic E-state index is 12.8. The normalized spacial score (nSPS) is 10.8. The van der Waals surface area contributed by atoms with Crippen LogP contribution < -0.4 is 0 Å². The molecule has 0 aliphatic carbocycles. The standard InChI is InChI=1S/C18H18FNO4/c1-12-16(18(22)23-3)10-15(24-12)11-20(2)17(21)9-6-13-4-7-14(19)8-5-13/h4-10H,11H2,1-3H3/b9-6+. The SMILES string of the molecule is COC(=O)c1cc(CN(C)C(=O)/C=C/c2ccc(F)cc2)oc1C. The van der Waals surface area contributed by atoms with Gasteiger partial charge in [0.1, 0.15) is 22.9 Å². The summed E-state index contributed by atoms with van der Waals surface area (Å²) in [5.74, 6) is -0.121. The van der Waals surface area contributed by atoms with Crippen LogP contribution in [0.15, 0.2) is 40.8 Å². The molecule has 1 amide bonds. The van der Waals surface area contributed by atoms with E-state index in [9.17, 15) is 14.0 Å². The largest absolute Gasteiger partial charge is 0.465 e. The van der Waals surface area contributed by atoms with E-state index in [1.165, 1.54) is 30.2 Å². The summed E-state index contributed by atoms with van der Waals surface area (Å²) in [5.41, 5.74) is 1.06. The zero-order chi connectivity index (χ0) is 17.7. The first-order valence-electron chi connectivity index (χ1n) is 7.27. The molecule has 0 radical (unpaired) electrons. The molecule has 0 aliphatic heterocycles. The lowest BCUT2D eigenvalue weighted by atomic mass is 10.2. The Kier molecular flexibility index (Phi) is 5.52. The number of amides is 1. The van der Waals surface area contributed by atoms with Gasteiger partial charge in [-0.3, -0.25) is 4.79 Å². The molecule has 0 atom stereocenters. The minimum absolute atomic E-state index is 0.213. The summed E-state index contributed by atoms with van der Waals surface area (Å²) in [6, 6.07) is 7.38. The highest BCUT2D eigenvalue weighted by Gasteiger charge is 2.17. The predicted octanol–water partition coefficient (Wildman–Crippen LogP) is 3.19. The van der Waals surface area contributed by atoms with Gasteiger partial charge in [0.2, 0.25) is 5.91 Å². The second-order valence-electron chi connectivity index (χ2n) is 5.25. The molecule has 0 fully saturated rings. The number of esters is 1. The lowest BCUT2D eigenvalue weighted by Gasteiger charge is -2.12. The number of carbonyl (C=O) groups is 2. The molecular formula is C18H18FNO4. The van der Waals surface area contributed by atoms with Crippen LogP contribution in [-0.2, 0) is 16.1 Å². The molecule has 0 N–H and O–H groups in total. The monoisotopic (exact) mass is 331 g/mol. The lowest BCUT2D eigenvalue weighted by Crippen LogP contribution is -2.23. The Morgan fingerprint density at radius 3 is 2.58 bits per heavy atom. The van der Waals surface area contributed by atoms with Crippen molar-refractivity contribution in [2.45, 2.75) is 13.5 Å². The molecule has 1 aromatic heterocycles. The van der Waals surface area contributed by atoms with Crippen molar-refractivity contribution >= 4 is 18.0 Å². The van der Waals surface area contributed by atoms with Crippen LogP contribution in [-0.4, -0.2) is 30.9 Å². The van der Waals surface area contributed by atoms with E-state index in [2.05, 4.69) is 4.74 Å². The first-order valence-corrected chi connectivity index (χ1v) is 7.27. The summed E-state index contributed by atoms with van der Waals surface area (Å²) < 4.78 is 23.0. The summed E-state index contributed by atoms with van der Waals surface area (Å²) >= 11 is 0. The summed E-state index contributed by atoms with van der Waals surface area (Å²) in [5, 5.41) is 0. The maximum Gasteiger partial charge on any atom is 0.341 e. The quantitative estimate of drug-likeness (QED) is 0.624. The van der Waals surface area contributed by atoms with Crippen LogP contribution >= 0.6 is 0 Å². The van der Waals surface area contributed by atoms with Gasteiger partial charge in [-0.1, -0.05) is 12.1 Å². The van der Waals surface area contributed by atoms with Crippen LogP contribution in [0.4, 0.5) is 4.39 Å². The van der Waals surface area contributed by atoms with Crippen molar-refractivity contribution < 1.29 is 23.1 Å². The van der Waals surface area contributed by atoms with Crippen LogP contribution in [0.25, 0.3) is 6.08 Å². The van der Waals surface area contributed by atoms with Gasteiger partial charge in [-0.05, 0) is 36.8 Å². The van der Waals surface area contributed by atoms with Gasteiger partial charge in [-0.25, -0.2) is 9.18 Å².